The summed E-state index contributed by atoms with van der Waals surface area (Å²) in [6, 6.07) is 10.1. The molecule has 0 saturated heterocycles. The Hall–Kier alpha value is -1.61. The highest BCUT2D eigenvalue weighted by Crippen LogP contribution is 2.25. The number of hydrogen-bond donors (Lipinski definition) is 2. The zero-order valence-electron chi connectivity index (χ0n) is 11.0. The molecule has 96 valence electrons. The lowest BCUT2D eigenvalue weighted by molar-refractivity contribution is 0.149. The molecule has 3 heteroatoms. The summed E-state index contributed by atoms with van der Waals surface area (Å²) in [4.78, 5) is 4.34. The monoisotopic (exact) mass is 244 g/mol. The van der Waals surface area contributed by atoms with E-state index in [9.17, 15) is 5.11 Å². The van der Waals surface area contributed by atoms with E-state index in [2.05, 4.69) is 36.3 Å². The van der Waals surface area contributed by atoms with Crippen LogP contribution in [0.15, 0.2) is 36.5 Å². The van der Waals surface area contributed by atoms with Crippen molar-refractivity contribution in [3.05, 3.63) is 36.5 Å². The number of fused-ring (bicyclic) bond motifs is 1. The molecule has 1 heterocycles. The smallest absolute Gasteiger partial charge is 0.0722 e. The summed E-state index contributed by atoms with van der Waals surface area (Å²) in [6.07, 6.45) is 2.75. The van der Waals surface area contributed by atoms with Gasteiger partial charge in [0.1, 0.15) is 0 Å². The molecule has 1 aromatic heterocycles. The first-order chi connectivity index (χ1) is 8.68. The van der Waals surface area contributed by atoms with Gasteiger partial charge >= 0.3 is 0 Å². The Labute approximate surface area is 108 Å². The lowest BCUT2D eigenvalue weighted by Gasteiger charge is -2.26. The third kappa shape index (κ3) is 2.62. The number of aromatic nitrogens is 1. The van der Waals surface area contributed by atoms with Crippen LogP contribution in [-0.2, 0) is 0 Å². The third-order valence-electron chi connectivity index (χ3n) is 3.59. The van der Waals surface area contributed by atoms with E-state index in [-0.39, 0.29) is 12.0 Å². The van der Waals surface area contributed by atoms with E-state index in [0.717, 1.165) is 29.6 Å². The Balaban J connectivity index is 2.22. The molecule has 0 aliphatic heterocycles. The second-order valence-corrected chi connectivity index (χ2v) is 5.05. The SMILES string of the molecule is CCC(C)(CO)CNc1cccc2ncccc12. The van der Waals surface area contributed by atoms with E-state index in [1.807, 2.05) is 18.2 Å². The number of nitrogens with one attached hydrogen (secondary N) is 1. The minimum atomic E-state index is -0.0790. The average molecular weight is 244 g/mol. The number of pyridine rings is 1. The molecule has 18 heavy (non-hydrogen) atoms. The predicted octanol–water partition coefficient (Wildman–Crippen LogP) is 3.06. The van der Waals surface area contributed by atoms with Gasteiger partial charge in [0.05, 0.1) is 12.1 Å². The highest BCUT2D eigenvalue weighted by Gasteiger charge is 2.20. The van der Waals surface area contributed by atoms with Crippen LogP contribution in [0.2, 0.25) is 0 Å². The fourth-order valence-electron chi connectivity index (χ4n) is 1.86. The van der Waals surface area contributed by atoms with Crippen molar-refractivity contribution < 1.29 is 5.11 Å². The molecule has 2 rings (SSSR count). The molecule has 0 aliphatic carbocycles. The number of anilines is 1. The molecule has 3 nitrogen and oxygen atoms in total. The lowest BCUT2D eigenvalue weighted by atomic mass is 9.88. The Morgan fingerprint density at radius 3 is 2.83 bits per heavy atom. The third-order valence-corrected chi connectivity index (χ3v) is 3.59. The van der Waals surface area contributed by atoms with Gasteiger partial charge in [0.2, 0.25) is 0 Å². The van der Waals surface area contributed by atoms with Gasteiger partial charge in [-0.2, -0.15) is 0 Å². The number of aliphatic hydroxyl groups excluding tert-OH is 1. The Kier molecular flexibility index (Phi) is 3.82. The van der Waals surface area contributed by atoms with Crippen LogP contribution in [0, 0.1) is 5.41 Å². The fraction of sp³-hybridized carbons (Fsp3) is 0.400. The number of rotatable bonds is 5. The van der Waals surface area contributed by atoms with Crippen LogP contribution in [0.5, 0.6) is 0 Å². The summed E-state index contributed by atoms with van der Waals surface area (Å²) >= 11 is 0. The van der Waals surface area contributed by atoms with Crippen LogP contribution in [0.3, 0.4) is 0 Å². The molecule has 0 bridgehead atoms. The lowest BCUT2D eigenvalue weighted by Crippen LogP contribution is -2.29. The van der Waals surface area contributed by atoms with Crippen molar-refractivity contribution in [1.82, 2.24) is 4.98 Å². The summed E-state index contributed by atoms with van der Waals surface area (Å²) < 4.78 is 0. The van der Waals surface area contributed by atoms with Gasteiger partial charge in [-0.25, -0.2) is 0 Å². The van der Waals surface area contributed by atoms with Gasteiger partial charge in [-0.1, -0.05) is 19.9 Å². The van der Waals surface area contributed by atoms with Crippen LogP contribution < -0.4 is 5.32 Å². The van der Waals surface area contributed by atoms with E-state index in [1.165, 1.54) is 0 Å². The van der Waals surface area contributed by atoms with Crippen LogP contribution in [0.1, 0.15) is 20.3 Å². The second kappa shape index (κ2) is 5.36. The van der Waals surface area contributed by atoms with Gasteiger partial charge in [0.15, 0.2) is 0 Å². The summed E-state index contributed by atoms with van der Waals surface area (Å²) in [7, 11) is 0. The molecule has 1 atom stereocenters. The Bertz CT molecular complexity index is 515. The molecule has 1 unspecified atom stereocenters. The quantitative estimate of drug-likeness (QED) is 0.849. The normalized spacial score (nSPS) is 14.4. The Morgan fingerprint density at radius 1 is 1.28 bits per heavy atom. The van der Waals surface area contributed by atoms with Crippen molar-refractivity contribution in [2.24, 2.45) is 5.41 Å². The minimum absolute atomic E-state index is 0.0790. The maximum absolute atomic E-state index is 9.42. The van der Waals surface area contributed by atoms with E-state index in [4.69, 9.17) is 0 Å². The number of benzene rings is 1. The van der Waals surface area contributed by atoms with Crippen molar-refractivity contribution in [1.29, 1.82) is 0 Å². The summed E-state index contributed by atoms with van der Waals surface area (Å²) in [5, 5.41) is 14.0. The molecule has 0 saturated carbocycles. The number of hydrogen-bond acceptors (Lipinski definition) is 3. The molecular formula is C15H20N2O. The van der Waals surface area contributed by atoms with Crippen LogP contribution in [-0.4, -0.2) is 23.2 Å². The second-order valence-electron chi connectivity index (χ2n) is 5.05. The highest BCUT2D eigenvalue weighted by atomic mass is 16.3. The average Bonchev–Trinajstić information content (AvgIpc) is 2.44. The molecule has 0 spiro atoms. The van der Waals surface area contributed by atoms with Crippen LogP contribution >= 0.6 is 0 Å². The molecule has 0 radical (unpaired) electrons. The minimum Gasteiger partial charge on any atom is -0.396 e. The van der Waals surface area contributed by atoms with Crippen LogP contribution in [0.25, 0.3) is 10.9 Å². The predicted molar refractivity (Wildman–Crippen MR) is 75.7 cm³/mol. The van der Waals surface area contributed by atoms with Gasteiger partial charge < -0.3 is 10.4 Å². The molecule has 0 fully saturated rings. The van der Waals surface area contributed by atoms with Crippen molar-refractivity contribution in [2.45, 2.75) is 20.3 Å². The van der Waals surface area contributed by atoms with Gasteiger partial charge in [-0.15, -0.1) is 0 Å². The molecule has 0 aliphatic rings. The van der Waals surface area contributed by atoms with E-state index < -0.39 is 0 Å². The van der Waals surface area contributed by atoms with Crippen LogP contribution in [0.4, 0.5) is 5.69 Å². The molecule has 0 amide bonds. The first-order valence-electron chi connectivity index (χ1n) is 6.37. The summed E-state index contributed by atoms with van der Waals surface area (Å²) in [5.41, 5.74) is 1.99. The maximum atomic E-state index is 9.42. The zero-order valence-corrected chi connectivity index (χ0v) is 11.0. The number of aliphatic hydroxyl groups is 1. The summed E-state index contributed by atoms with van der Waals surface area (Å²) in [6.45, 7) is 5.14. The molecular weight excluding hydrogens is 224 g/mol. The standard InChI is InChI=1S/C15H20N2O/c1-3-15(2,11-18)10-17-14-8-4-7-13-12(14)6-5-9-16-13/h4-9,17-18H,3,10-11H2,1-2H3. The first-order valence-corrected chi connectivity index (χ1v) is 6.37. The first kappa shape index (κ1) is 12.8. The van der Waals surface area contributed by atoms with E-state index in [0.29, 0.717) is 0 Å². The van der Waals surface area contributed by atoms with Gasteiger partial charge in [0, 0.05) is 29.2 Å². The zero-order chi connectivity index (χ0) is 13.0. The largest absolute Gasteiger partial charge is 0.396 e. The van der Waals surface area contributed by atoms with E-state index in [1.54, 1.807) is 6.20 Å². The van der Waals surface area contributed by atoms with Crippen molar-refractivity contribution in [2.75, 3.05) is 18.5 Å². The van der Waals surface area contributed by atoms with Crippen molar-refractivity contribution >= 4 is 16.6 Å². The van der Waals surface area contributed by atoms with Crippen molar-refractivity contribution in [3.63, 3.8) is 0 Å². The fourth-order valence-corrected chi connectivity index (χ4v) is 1.86. The summed E-state index contributed by atoms with van der Waals surface area (Å²) in [5.74, 6) is 0. The molecule has 2 N–H and O–H groups in total. The molecule has 2 aromatic rings. The topological polar surface area (TPSA) is 45.1 Å². The maximum Gasteiger partial charge on any atom is 0.0722 e. The van der Waals surface area contributed by atoms with E-state index >= 15 is 0 Å². The Morgan fingerprint density at radius 2 is 2.11 bits per heavy atom. The highest BCUT2D eigenvalue weighted by molar-refractivity contribution is 5.91. The van der Waals surface area contributed by atoms with Gasteiger partial charge in [-0.05, 0) is 30.7 Å². The number of nitrogens with zero attached hydrogens (tertiary/aromatic N) is 1. The molecule has 1 aromatic carbocycles. The van der Waals surface area contributed by atoms with Gasteiger partial charge in [0.25, 0.3) is 0 Å². The van der Waals surface area contributed by atoms with Crippen molar-refractivity contribution in [3.8, 4) is 0 Å². The van der Waals surface area contributed by atoms with Gasteiger partial charge in [-0.3, -0.25) is 4.98 Å².